The Labute approximate surface area is 163 Å². The molecule has 0 aliphatic carbocycles. The van der Waals surface area contributed by atoms with Crippen LogP contribution in [0.3, 0.4) is 0 Å². The number of aryl methyl sites for hydroxylation is 1. The maximum Gasteiger partial charge on any atom is 0.275 e. The van der Waals surface area contributed by atoms with E-state index < -0.39 is 4.92 Å². The molecule has 2 aromatic carbocycles. The number of nitro benzene ring substituents is 1. The molecule has 0 saturated heterocycles. The molecule has 0 unspecified atom stereocenters. The Balaban J connectivity index is 1.81. The molecule has 0 spiro atoms. The minimum Gasteiger partial charge on any atom is -0.457 e. The van der Waals surface area contributed by atoms with Gasteiger partial charge in [-0.2, -0.15) is 5.10 Å². The van der Waals surface area contributed by atoms with Crippen LogP contribution in [0.4, 0.5) is 11.4 Å². The van der Waals surface area contributed by atoms with Crippen LogP contribution >= 0.6 is 15.9 Å². The number of rotatable bonds is 6. The zero-order chi connectivity index (χ0) is 19.4. The van der Waals surface area contributed by atoms with Crippen LogP contribution in [0.5, 0.6) is 11.5 Å². The SMILES string of the molecule is Cc1ccccc1Oc1cc(NC(=O)Cn2cc(Br)cn2)cc([N+](=O)[O-])c1. The van der Waals surface area contributed by atoms with E-state index in [1.165, 1.54) is 22.9 Å². The van der Waals surface area contributed by atoms with Crippen LogP contribution in [0, 0.1) is 17.0 Å². The predicted molar refractivity (Wildman–Crippen MR) is 103 cm³/mol. The van der Waals surface area contributed by atoms with Crippen molar-refractivity contribution in [2.45, 2.75) is 13.5 Å². The van der Waals surface area contributed by atoms with Gasteiger partial charge in [0.15, 0.2) is 0 Å². The smallest absolute Gasteiger partial charge is 0.275 e. The highest BCUT2D eigenvalue weighted by atomic mass is 79.9. The van der Waals surface area contributed by atoms with E-state index in [2.05, 4.69) is 26.3 Å². The van der Waals surface area contributed by atoms with E-state index in [0.29, 0.717) is 5.75 Å². The zero-order valence-corrected chi connectivity index (χ0v) is 15.8. The number of nitrogens with zero attached hydrogens (tertiary/aromatic N) is 3. The van der Waals surface area contributed by atoms with E-state index in [-0.39, 0.29) is 29.6 Å². The average Bonchev–Trinajstić information content (AvgIpc) is 3.01. The number of hydrogen-bond donors (Lipinski definition) is 1. The zero-order valence-electron chi connectivity index (χ0n) is 14.3. The second-order valence-electron chi connectivity index (χ2n) is 5.74. The molecule has 0 saturated carbocycles. The Bertz CT molecular complexity index is 1000. The fraction of sp³-hybridized carbons (Fsp3) is 0.111. The number of para-hydroxylation sites is 1. The van der Waals surface area contributed by atoms with Crippen molar-refractivity contribution in [2.75, 3.05) is 5.32 Å². The van der Waals surface area contributed by atoms with Crippen molar-refractivity contribution in [1.82, 2.24) is 9.78 Å². The average molecular weight is 431 g/mol. The van der Waals surface area contributed by atoms with Crippen LogP contribution < -0.4 is 10.1 Å². The van der Waals surface area contributed by atoms with Crippen LogP contribution in [0.25, 0.3) is 0 Å². The number of anilines is 1. The summed E-state index contributed by atoms with van der Waals surface area (Å²) in [6.45, 7) is 1.85. The van der Waals surface area contributed by atoms with Crippen molar-refractivity contribution in [1.29, 1.82) is 0 Å². The van der Waals surface area contributed by atoms with Gasteiger partial charge < -0.3 is 10.1 Å². The van der Waals surface area contributed by atoms with Crippen LogP contribution in [-0.4, -0.2) is 20.6 Å². The Morgan fingerprint density at radius 1 is 1.33 bits per heavy atom. The molecular weight excluding hydrogens is 416 g/mol. The van der Waals surface area contributed by atoms with Crippen LogP contribution in [0.2, 0.25) is 0 Å². The Morgan fingerprint density at radius 3 is 2.78 bits per heavy atom. The van der Waals surface area contributed by atoms with Gasteiger partial charge in [0, 0.05) is 18.3 Å². The summed E-state index contributed by atoms with van der Waals surface area (Å²) in [4.78, 5) is 22.9. The molecule has 9 heteroatoms. The van der Waals surface area contributed by atoms with E-state index >= 15 is 0 Å². The lowest BCUT2D eigenvalue weighted by molar-refractivity contribution is -0.384. The fourth-order valence-electron chi connectivity index (χ4n) is 2.39. The molecule has 0 radical (unpaired) electrons. The predicted octanol–water partition coefficient (Wildman–Crippen LogP) is 4.29. The molecule has 0 fully saturated rings. The van der Waals surface area contributed by atoms with Crippen molar-refractivity contribution in [3.8, 4) is 11.5 Å². The van der Waals surface area contributed by atoms with Gasteiger partial charge in [0.05, 0.1) is 27.3 Å². The molecule has 1 N–H and O–H groups in total. The van der Waals surface area contributed by atoms with E-state index in [0.717, 1.165) is 10.0 Å². The first-order valence-corrected chi connectivity index (χ1v) is 8.71. The van der Waals surface area contributed by atoms with E-state index in [4.69, 9.17) is 4.74 Å². The highest BCUT2D eigenvalue weighted by molar-refractivity contribution is 9.10. The van der Waals surface area contributed by atoms with Gasteiger partial charge in [-0.3, -0.25) is 19.6 Å². The summed E-state index contributed by atoms with van der Waals surface area (Å²) in [6, 6.07) is 11.4. The third-order valence-electron chi connectivity index (χ3n) is 3.61. The number of non-ortho nitro benzene ring substituents is 1. The van der Waals surface area contributed by atoms with E-state index in [1.54, 1.807) is 18.5 Å². The topological polar surface area (TPSA) is 99.3 Å². The van der Waals surface area contributed by atoms with Gasteiger partial charge in [0.25, 0.3) is 5.69 Å². The van der Waals surface area contributed by atoms with Gasteiger partial charge >= 0.3 is 0 Å². The molecule has 1 amide bonds. The van der Waals surface area contributed by atoms with Crippen molar-refractivity contribution < 1.29 is 14.5 Å². The first-order chi connectivity index (χ1) is 12.9. The number of hydrogen-bond acceptors (Lipinski definition) is 5. The monoisotopic (exact) mass is 430 g/mol. The molecule has 27 heavy (non-hydrogen) atoms. The lowest BCUT2D eigenvalue weighted by Gasteiger charge is -2.11. The normalized spacial score (nSPS) is 10.4. The largest absolute Gasteiger partial charge is 0.457 e. The maximum absolute atomic E-state index is 12.2. The summed E-state index contributed by atoms with van der Waals surface area (Å²) < 4.78 is 7.96. The van der Waals surface area contributed by atoms with Crippen molar-refractivity contribution in [3.63, 3.8) is 0 Å². The second-order valence-corrected chi connectivity index (χ2v) is 6.66. The standard InChI is InChI=1S/C18H15BrN4O4/c1-12-4-2-3-5-17(12)27-16-7-14(6-15(8-16)23(25)26)21-18(24)11-22-10-13(19)9-20-22/h2-10H,11H2,1H3,(H,21,24). The van der Waals surface area contributed by atoms with E-state index in [9.17, 15) is 14.9 Å². The second kappa shape index (κ2) is 8.00. The molecule has 1 heterocycles. The molecule has 138 valence electrons. The maximum atomic E-state index is 12.2. The summed E-state index contributed by atoms with van der Waals surface area (Å²) >= 11 is 3.25. The molecule has 0 atom stereocenters. The number of amides is 1. The summed E-state index contributed by atoms with van der Waals surface area (Å²) in [5.41, 5.74) is 0.973. The van der Waals surface area contributed by atoms with Crippen LogP contribution in [0.15, 0.2) is 59.3 Å². The van der Waals surface area contributed by atoms with Crippen molar-refractivity contribution in [2.24, 2.45) is 0 Å². The van der Waals surface area contributed by atoms with Gasteiger partial charge in [-0.25, -0.2) is 0 Å². The first-order valence-electron chi connectivity index (χ1n) is 7.91. The van der Waals surface area contributed by atoms with Crippen molar-refractivity contribution in [3.05, 3.63) is 75.0 Å². The molecule has 0 aliphatic rings. The van der Waals surface area contributed by atoms with Gasteiger partial charge in [-0.15, -0.1) is 0 Å². The van der Waals surface area contributed by atoms with Gasteiger partial charge in [-0.1, -0.05) is 18.2 Å². The Morgan fingerprint density at radius 2 is 2.11 bits per heavy atom. The Hall–Kier alpha value is -3.20. The van der Waals surface area contributed by atoms with Gasteiger partial charge in [0.2, 0.25) is 5.91 Å². The molecule has 1 aromatic heterocycles. The number of benzene rings is 2. The van der Waals surface area contributed by atoms with Crippen LogP contribution in [0.1, 0.15) is 5.56 Å². The fourth-order valence-corrected chi connectivity index (χ4v) is 2.72. The third kappa shape index (κ3) is 4.91. The number of nitrogens with one attached hydrogen (secondary N) is 1. The minimum atomic E-state index is -0.537. The molecular formula is C18H15BrN4O4. The van der Waals surface area contributed by atoms with Gasteiger partial charge in [0.1, 0.15) is 18.0 Å². The van der Waals surface area contributed by atoms with Gasteiger partial charge in [-0.05, 0) is 34.5 Å². The lowest BCUT2D eigenvalue weighted by Crippen LogP contribution is -2.19. The number of aromatic nitrogens is 2. The van der Waals surface area contributed by atoms with E-state index in [1.807, 2.05) is 25.1 Å². The number of halogens is 1. The molecule has 8 nitrogen and oxygen atoms in total. The highest BCUT2D eigenvalue weighted by Crippen LogP contribution is 2.31. The summed E-state index contributed by atoms with van der Waals surface area (Å²) in [5, 5.41) is 17.9. The number of carbonyl (C=O) groups is 1. The summed E-state index contributed by atoms with van der Waals surface area (Å²) in [5.74, 6) is 0.472. The number of ether oxygens (including phenoxy) is 1. The van der Waals surface area contributed by atoms with Crippen molar-refractivity contribution >= 4 is 33.2 Å². The van der Waals surface area contributed by atoms with Crippen LogP contribution in [-0.2, 0) is 11.3 Å². The quantitative estimate of drug-likeness (QED) is 0.464. The lowest BCUT2D eigenvalue weighted by atomic mass is 10.2. The molecule has 3 rings (SSSR count). The third-order valence-corrected chi connectivity index (χ3v) is 4.02. The Kier molecular flexibility index (Phi) is 5.51. The molecule has 0 aliphatic heterocycles. The summed E-state index contributed by atoms with van der Waals surface area (Å²) in [7, 11) is 0. The highest BCUT2D eigenvalue weighted by Gasteiger charge is 2.14. The number of nitro groups is 1. The molecule has 0 bridgehead atoms. The number of carbonyl (C=O) groups excluding carboxylic acids is 1. The summed E-state index contributed by atoms with van der Waals surface area (Å²) in [6.07, 6.45) is 3.22. The molecule has 3 aromatic rings. The first kappa shape index (κ1) is 18.6. The minimum absolute atomic E-state index is 0.0255.